The zero-order valence-corrected chi connectivity index (χ0v) is 17.3. The van der Waals surface area contributed by atoms with E-state index in [2.05, 4.69) is 25.6 Å². The first kappa shape index (κ1) is 20.3. The Balaban J connectivity index is 1.30. The van der Waals surface area contributed by atoms with E-state index >= 15 is 0 Å². The minimum atomic E-state index is -0.224. The second kappa shape index (κ2) is 8.80. The van der Waals surface area contributed by atoms with Gasteiger partial charge < -0.3 is 20.3 Å². The second-order valence-corrected chi connectivity index (χ2v) is 7.59. The van der Waals surface area contributed by atoms with Crippen molar-refractivity contribution >= 4 is 23.5 Å². The molecule has 0 unspecified atom stereocenters. The molecule has 30 heavy (non-hydrogen) atoms. The summed E-state index contributed by atoms with van der Waals surface area (Å²) in [5.41, 5.74) is 2.11. The molecule has 0 atom stereocenters. The molecule has 1 saturated heterocycles. The van der Waals surface area contributed by atoms with Crippen LogP contribution >= 0.6 is 0 Å². The number of aromatic nitrogens is 3. The van der Waals surface area contributed by atoms with Crippen molar-refractivity contribution in [3.05, 3.63) is 35.2 Å². The lowest BCUT2D eigenvalue weighted by atomic mass is 10.2. The number of hydrogen-bond acceptors (Lipinski definition) is 7. The number of amides is 2. The van der Waals surface area contributed by atoms with Crippen LogP contribution in [-0.2, 0) is 23.1 Å². The van der Waals surface area contributed by atoms with Crippen molar-refractivity contribution in [3.63, 3.8) is 0 Å². The monoisotopic (exact) mass is 413 g/mol. The Morgan fingerprint density at radius 1 is 1.27 bits per heavy atom. The number of carbonyl (C=O) groups excluding carboxylic acids is 2. The summed E-state index contributed by atoms with van der Waals surface area (Å²) in [5, 5.41) is 10.4. The van der Waals surface area contributed by atoms with E-state index in [1.807, 2.05) is 32.2 Å². The number of ether oxygens (including phenoxy) is 1. The number of nitrogens with zero attached hydrogens (tertiary/aromatic N) is 5. The summed E-state index contributed by atoms with van der Waals surface area (Å²) in [7, 11) is 1.84. The molecule has 0 aliphatic carbocycles. The Morgan fingerprint density at radius 2 is 2.07 bits per heavy atom. The normalized spacial score (nSPS) is 16.6. The van der Waals surface area contributed by atoms with E-state index in [-0.39, 0.29) is 18.4 Å². The smallest absolute Gasteiger partial charge is 0.273 e. The third kappa shape index (κ3) is 4.60. The van der Waals surface area contributed by atoms with Gasteiger partial charge in [0, 0.05) is 51.4 Å². The van der Waals surface area contributed by atoms with Crippen molar-refractivity contribution in [2.24, 2.45) is 7.05 Å². The molecule has 0 aromatic carbocycles. The van der Waals surface area contributed by atoms with E-state index in [9.17, 15) is 9.59 Å². The predicted molar refractivity (Wildman–Crippen MR) is 110 cm³/mol. The highest BCUT2D eigenvalue weighted by molar-refractivity contribution is 5.99. The van der Waals surface area contributed by atoms with Gasteiger partial charge in [-0.1, -0.05) is 6.07 Å². The van der Waals surface area contributed by atoms with E-state index in [4.69, 9.17) is 4.74 Å². The van der Waals surface area contributed by atoms with Crippen molar-refractivity contribution in [1.29, 1.82) is 0 Å². The van der Waals surface area contributed by atoms with E-state index in [1.54, 1.807) is 4.68 Å². The Hall–Kier alpha value is -2.98. The van der Waals surface area contributed by atoms with Crippen LogP contribution in [0.1, 0.15) is 21.7 Å². The second-order valence-electron chi connectivity index (χ2n) is 7.59. The first-order chi connectivity index (χ1) is 14.5. The number of carbonyl (C=O) groups is 2. The Bertz CT molecular complexity index is 936. The summed E-state index contributed by atoms with van der Waals surface area (Å²) in [6.07, 6.45) is 0. The lowest BCUT2D eigenvalue weighted by molar-refractivity contribution is -0.121. The summed E-state index contributed by atoms with van der Waals surface area (Å²) in [4.78, 5) is 33.3. The Kier molecular flexibility index (Phi) is 5.96. The fourth-order valence-electron chi connectivity index (χ4n) is 3.69. The standard InChI is InChI=1S/C20H27N7O3/c1-14-11-17(25(2)24-14)22-16-4-3-15-12-27(20(29)19(15)23-16)13-18(28)21-5-6-26-7-9-30-10-8-26/h3-4,11H,5-10,12-13H2,1-2H3,(H,21,28)(H,22,23). The van der Waals surface area contributed by atoms with Crippen LogP contribution in [-0.4, -0.2) is 82.3 Å². The summed E-state index contributed by atoms with van der Waals surface area (Å²) in [5.74, 6) is 0.982. The third-order valence-electron chi connectivity index (χ3n) is 5.28. The lowest BCUT2D eigenvalue weighted by Gasteiger charge is -2.26. The van der Waals surface area contributed by atoms with E-state index in [0.29, 0.717) is 24.6 Å². The van der Waals surface area contributed by atoms with Gasteiger partial charge in [0.15, 0.2) is 0 Å². The molecule has 0 bridgehead atoms. The average molecular weight is 413 g/mol. The fourth-order valence-corrected chi connectivity index (χ4v) is 3.69. The minimum absolute atomic E-state index is 0.0298. The van der Waals surface area contributed by atoms with Crippen molar-refractivity contribution in [1.82, 2.24) is 29.9 Å². The van der Waals surface area contributed by atoms with Crippen LogP contribution in [0.15, 0.2) is 18.2 Å². The minimum Gasteiger partial charge on any atom is -0.379 e. The number of hydrogen-bond donors (Lipinski definition) is 2. The molecule has 0 radical (unpaired) electrons. The number of pyridine rings is 1. The SMILES string of the molecule is Cc1cc(Nc2ccc3c(n2)C(=O)N(CC(=O)NCCN2CCOCC2)C3)n(C)n1. The quantitative estimate of drug-likeness (QED) is 0.671. The highest BCUT2D eigenvalue weighted by Crippen LogP contribution is 2.24. The average Bonchev–Trinajstić information content (AvgIpc) is 3.21. The number of morpholine rings is 1. The van der Waals surface area contributed by atoms with Crippen LogP contribution < -0.4 is 10.6 Å². The summed E-state index contributed by atoms with van der Waals surface area (Å²) in [6.45, 7) is 6.92. The van der Waals surface area contributed by atoms with Crippen molar-refractivity contribution < 1.29 is 14.3 Å². The van der Waals surface area contributed by atoms with Gasteiger partial charge in [-0.15, -0.1) is 0 Å². The highest BCUT2D eigenvalue weighted by atomic mass is 16.5. The number of rotatable bonds is 7. The van der Waals surface area contributed by atoms with Crippen LogP contribution in [0.25, 0.3) is 0 Å². The van der Waals surface area contributed by atoms with Crippen molar-refractivity contribution in [3.8, 4) is 0 Å². The van der Waals surface area contributed by atoms with Gasteiger partial charge in [0.25, 0.3) is 5.91 Å². The maximum absolute atomic E-state index is 12.7. The zero-order valence-electron chi connectivity index (χ0n) is 17.3. The molecule has 10 nitrogen and oxygen atoms in total. The van der Waals surface area contributed by atoms with Crippen molar-refractivity contribution in [2.45, 2.75) is 13.5 Å². The van der Waals surface area contributed by atoms with Gasteiger partial charge in [-0.3, -0.25) is 19.2 Å². The van der Waals surface area contributed by atoms with Gasteiger partial charge in [0.05, 0.1) is 18.9 Å². The fraction of sp³-hybridized carbons (Fsp3) is 0.500. The van der Waals surface area contributed by atoms with E-state index < -0.39 is 0 Å². The molecule has 2 aliphatic rings. The largest absolute Gasteiger partial charge is 0.379 e. The molecule has 2 amide bonds. The van der Waals surface area contributed by atoms with Gasteiger partial charge in [-0.2, -0.15) is 5.10 Å². The molecule has 2 aromatic heterocycles. The van der Waals surface area contributed by atoms with Crippen LogP contribution in [0.2, 0.25) is 0 Å². The number of fused-ring (bicyclic) bond motifs is 1. The van der Waals surface area contributed by atoms with Gasteiger partial charge in [-0.05, 0) is 13.0 Å². The predicted octanol–water partition coefficient (Wildman–Crippen LogP) is 0.271. The van der Waals surface area contributed by atoms with Gasteiger partial charge in [-0.25, -0.2) is 4.98 Å². The molecule has 2 aromatic rings. The van der Waals surface area contributed by atoms with Gasteiger partial charge >= 0.3 is 0 Å². The lowest BCUT2D eigenvalue weighted by Crippen LogP contribution is -2.43. The Labute approximate surface area is 175 Å². The summed E-state index contributed by atoms with van der Waals surface area (Å²) in [6, 6.07) is 5.62. The highest BCUT2D eigenvalue weighted by Gasteiger charge is 2.30. The molecule has 2 aliphatic heterocycles. The van der Waals surface area contributed by atoms with Crippen LogP contribution in [0.4, 0.5) is 11.6 Å². The molecule has 0 spiro atoms. The molecule has 1 fully saturated rings. The molecule has 160 valence electrons. The van der Waals surface area contributed by atoms with Crippen LogP contribution in [0.3, 0.4) is 0 Å². The number of anilines is 2. The van der Waals surface area contributed by atoms with E-state index in [0.717, 1.165) is 49.9 Å². The van der Waals surface area contributed by atoms with Gasteiger partial charge in [0.1, 0.15) is 23.9 Å². The first-order valence-electron chi connectivity index (χ1n) is 10.1. The summed E-state index contributed by atoms with van der Waals surface area (Å²) >= 11 is 0. The number of nitrogens with one attached hydrogen (secondary N) is 2. The van der Waals surface area contributed by atoms with Crippen LogP contribution in [0, 0.1) is 6.92 Å². The third-order valence-corrected chi connectivity index (χ3v) is 5.28. The maximum atomic E-state index is 12.7. The summed E-state index contributed by atoms with van der Waals surface area (Å²) < 4.78 is 7.04. The molecule has 10 heteroatoms. The molecular formula is C20H27N7O3. The van der Waals surface area contributed by atoms with Crippen molar-refractivity contribution in [2.75, 3.05) is 51.3 Å². The maximum Gasteiger partial charge on any atom is 0.273 e. The molecule has 2 N–H and O–H groups in total. The Morgan fingerprint density at radius 3 is 2.80 bits per heavy atom. The first-order valence-corrected chi connectivity index (χ1v) is 10.1. The molecule has 4 heterocycles. The molecule has 4 rings (SSSR count). The zero-order chi connectivity index (χ0) is 21.1. The molecular weight excluding hydrogens is 386 g/mol. The van der Waals surface area contributed by atoms with Gasteiger partial charge in [0.2, 0.25) is 5.91 Å². The van der Waals surface area contributed by atoms with E-state index in [1.165, 1.54) is 4.90 Å². The molecule has 0 saturated carbocycles. The topological polar surface area (TPSA) is 105 Å². The van der Waals surface area contributed by atoms with Crippen LogP contribution in [0.5, 0.6) is 0 Å². The number of aryl methyl sites for hydroxylation is 2.